The molecule has 1 aromatic rings. The summed E-state index contributed by atoms with van der Waals surface area (Å²) in [6, 6.07) is 10.5. The Bertz CT molecular complexity index is 432. The number of hydrogen-bond donors (Lipinski definition) is 0. The summed E-state index contributed by atoms with van der Waals surface area (Å²) in [5, 5.41) is 0.230. The average Bonchev–Trinajstić information content (AvgIpc) is 2.33. The molecule has 0 amide bonds. The van der Waals surface area contributed by atoms with E-state index in [1.807, 2.05) is 26.8 Å². The minimum absolute atomic E-state index is 0.230. The van der Waals surface area contributed by atoms with E-state index >= 15 is 0 Å². The van der Waals surface area contributed by atoms with E-state index in [0.29, 0.717) is 6.73 Å². The van der Waals surface area contributed by atoms with Gasteiger partial charge in [0.25, 0.3) is 0 Å². The van der Waals surface area contributed by atoms with Gasteiger partial charge in [-0.1, -0.05) is 52.1 Å². The number of para-hydroxylation sites is 1. The Morgan fingerprint density at radius 2 is 1.48 bits per heavy atom. The van der Waals surface area contributed by atoms with Gasteiger partial charge < -0.3 is 4.57 Å². The van der Waals surface area contributed by atoms with Crippen LogP contribution in [0.3, 0.4) is 0 Å². The molecule has 0 radical (unpaired) electrons. The van der Waals surface area contributed by atoms with Crippen molar-refractivity contribution in [1.82, 2.24) is 0 Å². The van der Waals surface area contributed by atoms with Crippen molar-refractivity contribution < 1.29 is 9.78 Å². The maximum absolute atomic E-state index is 5.56. The SMILES string of the molecule is CC(C)(C)OOCN(c1ccccc1)[Si](C)(C)C(C)(C)C. The Morgan fingerprint density at radius 1 is 0.952 bits per heavy atom. The summed E-state index contributed by atoms with van der Waals surface area (Å²) in [5.41, 5.74) is 0.900. The maximum atomic E-state index is 5.56. The average molecular weight is 310 g/mol. The van der Waals surface area contributed by atoms with Gasteiger partial charge in [-0.15, -0.1) is 0 Å². The zero-order chi connectivity index (χ0) is 16.3. The summed E-state index contributed by atoms with van der Waals surface area (Å²) in [4.78, 5) is 11.0. The fraction of sp³-hybridized carbons (Fsp3) is 0.647. The van der Waals surface area contributed by atoms with Crippen molar-refractivity contribution in [2.24, 2.45) is 0 Å². The lowest BCUT2D eigenvalue weighted by Crippen LogP contribution is -2.56. The van der Waals surface area contributed by atoms with Crippen molar-refractivity contribution in [2.75, 3.05) is 11.3 Å². The standard InChI is InChI=1S/C17H31NO2Si/c1-16(2,3)20-19-14-18(15-12-10-9-11-13-15)21(7,8)17(4,5)6/h9-13H,14H2,1-8H3. The predicted molar refractivity (Wildman–Crippen MR) is 92.9 cm³/mol. The molecule has 0 atom stereocenters. The van der Waals surface area contributed by atoms with E-state index in [1.165, 1.54) is 5.69 Å². The second-order valence-corrected chi connectivity index (χ2v) is 13.2. The smallest absolute Gasteiger partial charge is 0.158 e. The normalized spacial score (nSPS) is 13.3. The number of benzene rings is 1. The third kappa shape index (κ3) is 5.13. The molecule has 0 saturated heterocycles. The lowest BCUT2D eigenvalue weighted by Gasteiger charge is -2.46. The number of nitrogens with zero attached hydrogens (tertiary/aromatic N) is 1. The van der Waals surface area contributed by atoms with Crippen LogP contribution in [0.25, 0.3) is 0 Å². The molecule has 0 saturated carbocycles. The van der Waals surface area contributed by atoms with Crippen LogP contribution in [-0.2, 0) is 9.78 Å². The third-order valence-corrected chi connectivity index (χ3v) is 9.48. The van der Waals surface area contributed by atoms with Crippen LogP contribution in [0.5, 0.6) is 0 Å². The van der Waals surface area contributed by atoms with Gasteiger partial charge in [0.1, 0.15) is 6.73 Å². The Hall–Kier alpha value is -0.843. The van der Waals surface area contributed by atoms with Gasteiger partial charge in [0.05, 0.1) is 5.60 Å². The Morgan fingerprint density at radius 3 is 1.90 bits per heavy atom. The van der Waals surface area contributed by atoms with Crippen LogP contribution in [0, 0.1) is 0 Å². The van der Waals surface area contributed by atoms with E-state index in [-0.39, 0.29) is 10.6 Å². The van der Waals surface area contributed by atoms with Gasteiger partial charge in [0.15, 0.2) is 8.24 Å². The van der Waals surface area contributed by atoms with E-state index in [2.05, 4.69) is 62.7 Å². The van der Waals surface area contributed by atoms with Gasteiger partial charge >= 0.3 is 0 Å². The molecule has 0 N–H and O–H groups in total. The summed E-state index contributed by atoms with van der Waals surface area (Å²) in [6.45, 7) is 18.1. The summed E-state index contributed by atoms with van der Waals surface area (Å²) < 4.78 is 2.39. The highest BCUT2D eigenvalue weighted by Gasteiger charge is 2.41. The molecule has 0 aliphatic heterocycles. The topological polar surface area (TPSA) is 21.7 Å². The molecule has 0 unspecified atom stereocenters. The number of hydrogen-bond acceptors (Lipinski definition) is 3. The highest BCUT2D eigenvalue weighted by molar-refractivity contribution is 6.83. The zero-order valence-corrected chi connectivity index (χ0v) is 15.9. The molecular weight excluding hydrogens is 278 g/mol. The van der Waals surface area contributed by atoms with Gasteiger partial charge in [0.2, 0.25) is 0 Å². The monoisotopic (exact) mass is 309 g/mol. The zero-order valence-electron chi connectivity index (χ0n) is 14.9. The molecule has 0 fully saturated rings. The lowest BCUT2D eigenvalue weighted by atomic mass is 10.2. The molecule has 0 spiro atoms. The van der Waals surface area contributed by atoms with Crippen molar-refractivity contribution >= 4 is 13.9 Å². The first kappa shape index (κ1) is 18.2. The van der Waals surface area contributed by atoms with Crippen molar-refractivity contribution in [3.8, 4) is 0 Å². The minimum Gasteiger partial charge on any atom is -0.373 e. The quantitative estimate of drug-likeness (QED) is 0.323. The van der Waals surface area contributed by atoms with Crippen LogP contribution in [0.2, 0.25) is 18.1 Å². The number of anilines is 1. The van der Waals surface area contributed by atoms with Gasteiger partial charge in [-0.2, -0.15) is 0 Å². The Balaban J connectivity index is 2.97. The molecule has 120 valence electrons. The lowest BCUT2D eigenvalue weighted by molar-refractivity contribution is -0.346. The van der Waals surface area contributed by atoms with Crippen LogP contribution >= 0.6 is 0 Å². The summed E-state index contributed by atoms with van der Waals surface area (Å²) in [6.07, 6.45) is 0. The van der Waals surface area contributed by atoms with Crippen molar-refractivity contribution in [3.05, 3.63) is 30.3 Å². The van der Waals surface area contributed by atoms with Crippen LogP contribution in [0.1, 0.15) is 41.5 Å². The predicted octanol–water partition coefficient (Wildman–Crippen LogP) is 5.20. The minimum atomic E-state index is -1.74. The van der Waals surface area contributed by atoms with E-state index in [9.17, 15) is 0 Å². The van der Waals surface area contributed by atoms with Crippen LogP contribution < -0.4 is 4.57 Å². The first-order chi connectivity index (χ1) is 9.45. The van der Waals surface area contributed by atoms with Gasteiger partial charge in [0, 0.05) is 5.69 Å². The second kappa shape index (κ2) is 6.51. The summed E-state index contributed by atoms with van der Waals surface area (Å²) in [5.74, 6) is 0. The first-order valence-electron chi connectivity index (χ1n) is 7.58. The van der Waals surface area contributed by atoms with Gasteiger partial charge in [-0.05, 0) is 37.9 Å². The molecule has 0 aliphatic carbocycles. The van der Waals surface area contributed by atoms with Crippen molar-refractivity contribution in [2.45, 2.75) is 65.3 Å². The van der Waals surface area contributed by atoms with Crippen LogP contribution in [0.15, 0.2) is 30.3 Å². The Labute approximate surface area is 131 Å². The van der Waals surface area contributed by atoms with Crippen LogP contribution in [0.4, 0.5) is 5.69 Å². The molecular formula is C17H31NO2Si. The maximum Gasteiger partial charge on any atom is 0.158 e. The fourth-order valence-corrected chi connectivity index (χ4v) is 3.81. The van der Waals surface area contributed by atoms with E-state index in [1.54, 1.807) is 0 Å². The third-order valence-electron chi connectivity index (χ3n) is 4.07. The van der Waals surface area contributed by atoms with Crippen LogP contribution in [-0.4, -0.2) is 20.6 Å². The largest absolute Gasteiger partial charge is 0.373 e. The Kier molecular flexibility index (Phi) is 5.64. The van der Waals surface area contributed by atoms with E-state index in [0.717, 1.165) is 0 Å². The number of rotatable bonds is 5. The first-order valence-corrected chi connectivity index (χ1v) is 10.5. The van der Waals surface area contributed by atoms with Crippen molar-refractivity contribution in [3.63, 3.8) is 0 Å². The second-order valence-electron chi connectivity index (χ2n) is 8.02. The van der Waals surface area contributed by atoms with Gasteiger partial charge in [-0.3, -0.25) is 0 Å². The summed E-state index contributed by atoms with van der Waals surface area (Å²) >= 11 is 0. The molecule has 1 aromatic carbocycles. The molecule has 0 bridgehead atoms. The molecule has 4 heteroatoms. The van der Waals surface area contributed by atoms with Crippen molar-refractivity contribution in [1.29, 1.82) is 0 Å². The molecule has 21 heavy (non-hydrogen) atoms. The highest BCUT2D eigenvalue weighted by atomic mass is 28.3. The molecule has 1 rings (SSSR count). The van der Waals surface area contributed by atoms with E-state index in [4.69, 9.17) is 9.78 Å². The van der Waals surface area contributed by atoms with Gasteiger partial charge in [-0.25, -0.2) is 9.78 Å². The molecule has 0 aromatic heterocycles. The molecule has 0 heterocycles. The molecule has 3 nitrogen and oxygen atoms in total. The van der Waals surface area contributed by atoms with E-state index < -0.39 is 8.24 Å². The highest BCUT2D eigenvalue weighted by Crippen LogP contribution is 2.40. The summed E-state index contributed by atoms with van der Waals surface area (Å²) in [7, 11) is -1.74. The molecule has 0 aliphatic rings. The fourth-order valence-electron chi connectivity index (χ4n) is 1.83.